The van der Waals surface area contributed by atoms with Crippen molar-refractivity contribution in [3.8, 4) is 0 Å². The molecule has 0 radical (unpaired) electrons. The number of aryl methyl sites for hydroxylation is 1. The van der Waals surface area contributed by atoms with Crippen LogP contribution in [-0.2, 0) is 17.8 Å². The van der Waals surface area contributed by atoms with Gasteiger partial charge >= 0.3 is 5.63 Å². The number of likely N-dealkylation sites (N-methyl/N-ethyl adjacent to an activating group) is 1. The molecule has 3 rings (SSSR count). The fraction of sp³-hybridized carbons (Fsp3) is 0.250. The number of halogens is 1. The van der Waals surface area contributed by atoms with E-state index in [1.54, 1.807) is 12.3 Å². The molecule has 0 atom stereocenters. The van der Waals surface area contributed by atoms with E-state index in [4.69, 9.17) is 4.42 Å². The minimum Gasteiger partial charge on any atom is -0.423 e. The van der Waals surface area contributed by atoms with Gasteiger partial charge in [-0.3, -0.25) is 9.69 Å². The Balaban J connectivity index is 1.71. The second kappa shape index (κ2) is 8.45. The van der Waals surface area contributed by atoms with Crippen LogP contribution in [0.3, 0.4) is 0 Å². The highest BCUT2D eigenvalue weighted by molar-refractivity contribution is 9.10. The van der Waals surface area contributed by atoms with Crippen LogP contribution in [0.1, 0.15) is 18.1 Å². The first-order chi connectivity index (χ1) is 12.9. The number of anilines is 1. The number of hydrogen-bond acceptors (Lipinski definition) is 5. The Morgan fingerprint density at radius 2 is 2.07 bits per heavy atom. The molecule has 6 nitrogen and oxygen atoms in total. The maximum absolute atomic E-state index is 12.2. The van der Waals surface area contributed by atoms with Gasteiger partial charge in [0.1, 0.15) is 11.4 Å². The highest BCUT2D eigenvalue weighted by Crippen LogP contribution is 2.20. The van der Waals surface area contributed by atoms with Gasteiger partial charge in [-0.1, -0.05) is 19.1 Å². The van der Waals surface area contributed by atoms with E-state index in [9.17, 15) is 9.59 Å². The summed E-state index contributed by atoms with van der Waals surface area (Å²) in [6.07, 6.45) is 2.49. The van der Waals surface area contributed by atoms with Crippen LogP contribution < -0.4 is 10.9 Å². The quantitative estimate of drug-likeness (QED) is 0.605. The summed E-state index contributed by atoms with van der Waals surface area (Å²) in [4.78, 5) is 30.1. The van der Waals surface area contributed by atoms with E-state index >= 15 is 0 Å². The van der Waals surface area contributed by atoms with E-state index in [0.717, 1.165) is 27.4 Å². The van der Waals surface area contributed by atoms with Crippen LogP contribution in [0.4, 0.5) is 5.82 Å². The monoisotopic (exact) mass is 429 g/mol. The largest absolute Gasteiger partial charge is 0.423 e. The Kier molecular flexibility index (Phi) is 6.03. The highest BCUT2D eigenvalue weighted by Gasteiger charge is 2.12. The van der Waals surface area contributed by atoms with E-state index in [0.29, 0.717) is 17.9 Å². The fourth-order valence-electron chi connectivity index (χ4n) is 2.85. The Labute approximate surface area is 165 Å². The maximum atomic E-state index is 12.2. The molecule has 1 amide bonds. The SMILES string of the molecule is CCc1ccc2c(CN(C)CC(=O)Nc3ccc(Br)cn3)cc(=O)oc2c1. The molecule has 140 valence electrons. The molecule has 2 heterocycles. The van der Waals surface area contributed by atoms with Crippen molar-refractivity contribution in [1.82, 2.24) is 9.88 Å². The molecule has 0 unspecified atom stereocenters. The predicted octanol–water partition coefficient (Wildman–Crippen LogP) is 3.58. The number of rotatable bonds is 6. The first-order valence-electron chi connectivity index (χ1n) is 8.60. The highest BCUT2D eigenvalue weighted by atomic mass is 79.9. The van der Waals surface area contributed by atoms with E-state index in [-0.39, 0.29) is 18.1 Å². The van der Waals surface area contributed by atoms with Crippen molar-refractivity contribution in [1.29, 1.82) is 0 Å². The third kappa shape index (κ3) is 5.02. The van der Waals surface area contributed by atoms with Crippen LogP contribution in [0.2, 0.25) is 0 Å². The topological polar surface area (TPSA) is 75.4 Å². The summed E-state index contributed by atoms with van der Waals surface area (Å²) < 4.78 is 6.18. The Morgan fingerprint density at radius 3 is 2.78 bits per heavy atom. The molecular formula is C20H20BrN3O3. The van der Waals surface area contributed by atoms with Gasteiger partial charge in [-0.25, -0.2) is 9.78 Å². The van der Waals surface area contributed by atoms with Crippen molar-refractivity contribution in [2.45, 2.75) is 19.9 Å². The van der Waals surface area contributed by atoms with Gasteiger partial charge in [0.15, 0.2) is 0 Å². The van der Waals surface area contributed by atoms with Crippen LogP contribution in [0.25, 0.3) is 11.0 Å². The van der Waals surface area contributed by atoms with Crippen molar-refractivity contribution >= 4 is 38.6 Å². The third-order valence-corrected chi connectivity index (χ3v) is 4.62. The standard InChI is InChI=1S/C20H20BrN3O3/c1-3-13-4-6-16-14(9-20(26)27-17(16)8-13)11-24(2)12-19(25)23-18-7-5-15(21)10-22-18/h4-10H,3,11-12H2,1-2H3,(H,22,23,25). The van der Waals surface area contributed by atoms with Crippen molar-refractivity contribution in [2.24, 2.45) is 0 Å². The molecule has 0 fully saturated rings. The first-order valence-corrected chi connectivity index (χ1v) is 9.39. The number of nitrogens with one attached hydrogen (secondary N) is 1. The van der Waals surface area contributed by atoms with Crippen LogP contribution in [0.15, 0.2) is 56.3 Å². The molecule has 2 aromatic heterocycles. The molecule has 0 bridgehead atoms. The zero-order valence-electron chi connectivity index (χ0n) is 15.2. The number of pyridine rings is 1. The van der Waals surface area contributed by atoms with Crippen LogP contribution >= 0.6 is 15.9 Å². The number of amides is 1. The molecule has 7 heteroatoms. The normalized spacial score (nSPS) is 11.1. The molecular weight excluding hydrogens is 410 g/mol. The number of carbonyl (C=O) groups excluding carboxylic acids is 1. The Morgan fingerprint density at radius 1 is 1.26 bits per heavy atom. The summed E-state index contributed by atoms with van der Waals surface area (Å²) in [5.74, 6) is 0.322. The zero-order chi connectivity index (χ0) is 19.4. The lowest BCUT2D eigenvalue weighted by atomic mass is 10.1. The number of carbonyl (C=O) groups is 1. The average Bonchev–Trinajstić information content (AvgIpc) is 2.62. The number of nitrogens with zero attached hydrogens (tertiary/aromatic N) is 2. The molecule has 0 aliphatic rings. The van der Waals surface area contributed by atoms with Crippen molar-refractivity contribution in [3.63, 3.8) is 0 Å². The maximum Gasteiger partial charge on any atom is 0.336 e. The molecule has 0 aliphatic heterocycles. The molecule has 1 aromatic carbocycles. The third-order valence-electron chi connectivity index (χ3n) is 4.15. The van der Waals surface area contributed by atoms with Gasteiger partial charge in [-0.2, -0.15) is 0 Å². The lowest BCUT2D eigenvalue weighted by molar-refractivity contribution is -0.117. The Bertz CT molecular complexity index is 1020. The molecule has 1 N–H and O–H groups in total. The zero-order valence-corrected chi connectivity index (χ0v) is 16.7. The van der Waals surface area contributed by atoms with Gasteiger partial charge in [0.25, 0.3) is 0 Å². The molecule has 3 aromatic rings. The second-order valence-corrected chi connectivity index (χ2v) is 7.27. The van der Waals surface area contributed by atoms with Gasteiger partial charge in [0.2, 0.25) is 5.91 Å². The first kappa shape index (κ1) is 19.3. The van der Waals surface area contributed by atoms with Gasteiger partial charge < -0.3 is 9.73 Å². The van der Waals surface area contributed by atoms with Gasteiger partial charge in [-0.15, -0.1) is 0 Å². The minimum absolute atomic E-state index is 0.173. The van der Waals surface area contributed by atoms with E-state index < -0.39 is 0 Å². The van der Waals surface area contributed by atoms with E-state index in [2.05, 4.69) is 33.2 Å². The van der Waals surface area contributed by atoms with E-state index in [1.807, 2.05) is 36.2 Å². The van der Waals surface area contributed by atoms with Crippen molar-refractivity contribution < 1.29 is 9.21 Å². The molecule has 0 aliphatic carbocycles. The molecule has 27 heavy (non-hydrogen) atoms. The van der Waals surface area contributed by atoms with Crippen LogP contribution in [0, 0.1) is 0 Å². The number of fused-ring (bicyclic) bond motifs is 1. The number of benzene rings is 1. The smallest absolute Gasteiger partial charge is 0.336 e. The second-order valence-electron chi connectivity index (χ2n) is 6.36. The van der Waals surface area contributed by atoms with Crippen molar-refractivity contribution in [3.05, 3.63) is 68.6 Å². The molecule has 0 saturated heterocycles. The lowest BCUT2D eigenvalue weighted by Gasteiger charge is -2.17. The molecule has 0 spiro atoms. The number of aromatic nitrogens is 1. The summed E-state index contributed by atoms with van der Waals surface area (Å²) in [7, 11) is 1.83. The summed E-state index contributed by atoms with van der Waals surface area (Å²) in [6.45, 7) is 2.68. The Hall–Kier alpha value is -2.51. The average molecular weight is 430 g/mol. The number of hydrogen-bond donors (Lipinski definition) is 1. The predicted molar refractivity (Wildman–Crippen MR) is 109 cm³/mol. The van der Waals surface area contributed by atoms with Crippen LogP contribution in [-0.4, -0.2) is 29.4 Å². The molecule has 0 saturated carbocycles. The minimum atomic E-state index is -0.386. The van der Waals surface area contributed by atoms with Crippen molar-refractivity contribution in [2.75, 3.05) is 18.9 Å². The fourth-order valence-corrected chi connectivity index (χ4v) is 3.08. The summed E-state index contributed by atoms with van der Waals surface area (Å²) in [6, 6.07) is 10.9. The lowest BCUT2D eigenvalue weighted by Crippen LogP contribution is -2.30. The van der Waals surface area contributed by atoms with E-state index in [1.165, 1.54) is 6.07 Å². The summed E-state index contributed by atoms with van der Waals surface area (Å²) in [5.41, 5.74) is 2.13. The van der Waals surface area contributed by atoms with Gasteiger partial charge in [0, 0.05) is 28.7 Å². The van der Waals surface area contributed by atoms with Gasteiger partial charge in [-0.05, 0) is 58.7 Å². The van der Waals surface area contributed by atoms with Gasteiger partial charge in [0.05, 0.1) is 6.54 Å². The summed E-state index contributed by atoms with van der Waals surface area (Å²) in [5, 5.41) is 3.64. The van der Waals surface area contributed by atoms with Crippen LogP contribution in [0.5, 0.6) is 0 Å². The summed E-state index contributed by atoms with van der Waals surface area (Å²) >= 11 is 3.31.